The first-order valence-electron chi connectivity index (χ1n) is 6.86. The summed E-state index contributed by atoms with van der Waals surface area (Å²) in [6.07, 6.45) is 9.40. The molecule has 0 saturated heterocycles. The van der Waals surface area contributed by atoms with Gasteiger partial charge >= 0.3 is 5.97 Å². The highest BCUT2D eigenvalue weighted by molar-refractivity contribution is 7.14. The van der Waals surface area contributed by atoms with Crippen molar-refractivity contribution in [2.45, 2.75) is 38.1 Å². The van der Waals surface area contributed by atoms with E-state index in [9.17, 15) is 4.79 Å². The zero-order chi connectivity index (χ0) is 14.4. The van der Waals surface area contributed by atoms with Crippen LogP contribution in [0.25, 0.3) is 6.08 Å². The minimum atomic E-state index is -0.282. The lowest BCUT2D eigenvalue weighted by atomic mass is 10.1. The van der Waals surface area contributed by atoms with Crippen LogP contribution in [0, 0.1) is 0 Å². The van der Waals surface area contributed by atoms with Gasteiger partial charge in [-0.3, -0.25) is 4.99 Å². The maximum Gasteiger partial charge on any atom is 0.348 e. The van der Waals surface area contributed by atoms with Crippen molar-refractivity contribution < 1.29 is 9.53 Å². The van der Waals surface area contributed by atoms with Crippen molar-refractivity contribution in [2.75, 3.05) is 7.11 Å². The second kappa shape index (κ2) is 7.24. The number of hydrogen-bond acceptors (Lipinski definition) is 5. The van der Waals surface area contributed by atoms with Crippen LogP contribution in [0.4, 0.5) is 0 Å². The van der Waals surface area contributed by atoms with Gasteiger partial charge in [0.15, 0.2) is 0 Å². The molecule has 4 nitrogen and oxygen atoms in total. The van der Waals surface area contributed by atoms with Crippen molar-refractivity contribution in [2.24, 2.45) is 10.7 Å². The Bertz CT molecular complexity index is 520. The Balaban J connectivity index is 1.91. The van der Waals surface area contributed by atoms with Crippen LogP contribution in [0.2, 0.25) is 0 Å². The minimum absolute atomic E-state index is 0.282. The van der Waals surface area contributed by atoms with E-state index in [-0.39, 0.29) is 5.97 Å². The number of ether oxygens (including phenoxy) is 1. The van der Waals surface area contributed by atoms with Crippen LogP contribution in [-0.2, 0) is 4.74 Å². The third-order valence-corrected chi connectivity index (χ3v) is 4.30. The number of methoxy groups -OCH3 is 1. The van der Waals surface area contributed by atoms with Crippen molar-refractivity contribution >= 4 is 29.2 Å². The molecule has 1 aliphatic heterocycles. The standard InChI is InChI=1S/C15H20N2O2S/c1-19-15(18)13-10-9-12(20-13)7-4-6-11-5-2-3-8-14(16)17-11/h4,7,9-11H,2-3,5-6,8H2,1H3,(H2,16,17). The van der Waals surface area contributed by atoms with Crippen LogP contribution in [0.15, 0.2) is 23.2 Å². The molecule has 1 atom stereocenters. The molecule has 1 aromatic rings. The van der Waals surface area contributed by atoms with Gasteiger partial charge in [0.2, 0.25) is 0 Å². The van der Waals surface area contributed by atoms with Crippen molar-refractivity contribution in [1.29, 1.82) is 0 Å². The van der Waals surface area contributed by atoms with Crippen molar-refractivity contribution in [3.63, 3.8) is 0 Å². The molecule has 1 unspecified atom stereocenters. The van der Waals surface area contributed by atoms with Crippen LogP contribution in [0.5, 0.6) is 0 Å². The third kappa shape index (κ3) is 4.20. The van der Waals surface area contributed by atoms with E-state index in [1.807, 2.05) is 12.1 Å². The molecule has 0 saturated carbocycles. The van der Waals surface area contributed by atoms with E-state index in [0.29, 0.717) is 10.9 Å². The van der Waals surface area contributed by atoms with Gasteiger partial charge in [-0.2, -0.15) is 0 Å². The Kier molecular flexibility index (Phi) is 5.35. The zero-order valence-electron chi connectivity index (χ0n) is 11.7. The molecule has 108 valence electrons. The molecule has 2 N–H and O–H groups in total. The van der Waals surface area contributed by atoms with E-state index < -0.39 is 0 Å². The molecular formula is C15H20N2O2S. The summed E-state index contributed by atoms with van der Waals surface area (Å²) >= 11 is 1.43. The molecule has 2 heterocycles. The van der Waals surface area contributed by atoms with Gasteiger partial charge < -0.3 is 10.5 Å². The lowest BCUT2D eigenvalue weighted by Crippen LogP contribution is -2.13. The molecule has 0 aromatic carbocycles. The van der Waals surface area contributed by atoms with Gasteiger partial charge in [0, 0.05) is 11.3 Å². The number of nitrogens with two attached hydrogens (primary N) is 1. The first-order valence-corrected chi connectivity index (χ1v) is 7.67. The van der Waals surface area contributed by atoms with E-state index in [0.717, 1.165) is 36.4 Å². The Morgan fingerprint density at radius 1 is 1.55 bits per heavy atom. The average molecular weight is 292 g/mol. The lowest BCUT2D eigenvalue weighted by molar-refractivity contribution is 0.0606. The van der Waals surface area contributed by atoms with Crippen molar-refractivity contribution in [1.82, 2.24) is 0 Å². The first kappa shape index (κ1) is 14.8. The van der Waals surface area contributed by atoms with Crippen molar-refractivity contribution in [3.8, 4) is 0 Å². The summed E-state index contributed by atoms with van der Waals surface area (Å²) in [6.45, 7) is 0. The fraction of sp³-hybridized carbons (Fsp3) is 0.467. The van der Waals surface area contributed by atoms with E-state index in [2.05, 4.69) is 11.1 Å². The molecule has 1 aromatic heterocycles. The molecule has 2 rings (SSSR count). The largest absolute Gasteiger partial charge is 0.465 e. The second-order valence-electron chi connectivity index (χ2n) is 4.85. The Morgan fingerprint density at radius 3 is 3.20 bits per heavy atom. The minimum Gasteiger partial charge on any atom is -0.465 e. The maximum atomic E-state index is 11.4. The van der Waals surface area contributed by atoms with E-state index >= 15 is 0 Å². The Morgan fingerprint density at radius 2 is 2.40 bits per heavy atom. The number of carbonyl (C=O) groups is 1. The summed E-state index contributed by atoms with van der Waals surface area (Å²) in [5.41, 5.74) is 5.84. The molecule has 0 bridgehead atoms. The molecule has 0 radical (unpaired) electrons. The summed E-state index contributed by atoms with van der Waals surface area (Å²) in [5, 5.41) is 0. The van der Waals surface area contributed by atoms with Crippen molar-refractivity contribution in [3.05, 3.63) is 28.0 Å². The number of thiophene rings is 1. The fourth-order valence-electron chi connectivity index (χ4n) is 2.21. The van der Waals surface area contributed by atoms with E-state index in [1.165, 1.54) is 24.9 Å². The van der Waals surface area contributed by atoms with Gasteiger partial charge in [-0.25, -0.2) is 4.79 Å². The summed E-state index contributed by atoms with van der Waals surface area (Å²) in [7, 11) is 1.39. The maximum absolute atomic E-state index is 11.4. The topological polar surface area (TPSA) is 64.7 Å². The van der Waals surface area contributed by atoms with Gasteiger partial charge in [0.05, 0.1) is 19.0 Å². The molecule has 0 spiro atoms. The predicted octanol–water partition coefficient (Wildman–Crippen LogP) is 3.24. The molecule has 20 heavy (non-hydrogen) atoms. The summed E-state index contributed by atoms with van der Waals surface area (Å²) in [4.78, 5) is 17.6. The summed E-state index contributed by atoms with van der Waals surface area (Å²) in [6, 6.07) is 4.02. The SMILES string of the molecule is COC(=O)c1ccc(C=CCC2CCCCC(N)=N2)s1. The Labute approximate surface area is 123 Å². The molecule has 0 fully saturated rings. The first-order chi connectivity index (χ1) is 9.69. The fourth-order valence-corrected chi connectivity index (χ4v) is 3.07. The van der Waals surface area contributed by atoms with E-state index in [4.69, 9.17) is 10.5 Å². The van der Waals surface area contributed by atoms with Crippen LogP contribution in [-0.4, -0.2) is 25.0 Å². The van der Waals surface area contributed by atoms with Crippen LogP contribution in [0.3, 0.4) is 0 Å². The van der Waals surface area contributed by atoms with Crippen LogP contribution in [0.1, 0.15) is 46.7 Å². The number of amidine groups is 1. The van der Waals surface area contributed by atoms with Crippen LogP contribution < -0.4 is 5.73 Å². The molecule has 1 aliphatic rings. The monoisotopic (exact) mass is 292 g/mol. The van der Waals surface area contributed by atoms with Gasteiger partial charge in [-0.15, -0.1) is 11.3 Å². The highest BCUT2D eigenvalue weighted by atomic mass is 32.1. The number of carbonyl (C=O) groups excluding carboxylic acids is 1. The second-order valence-corrected chi connectivity index (χ2v) is 5.97. The Hall–Kier alpha value is -1.62. The average Bonchev–Trinajstić information content (AvgIpc) is 2.81. The van der Waals surface area contributed by atoms with Gasteiger partial charge in [-0.1, -0.05) is 12.5 Å². The van der Waals surface area contributed by atoms with E-state index in [1.54, 1.807) is 6.07 Å². The number of rotatable bonds is 4. The smallest absolute Gasteiger partial charge is 0.348 e. The highest BCUT2D eigenvalue weighted by Gasteiger charge is 2.10. The number of hydrogen-bond donors (Lipinski definition) is 1. The number of aliphatic imine (C=N–C) groups is 1. The number of nitrogens with zero attached hydrogens (tertiary/aromatic N) is 1. The predicted molar refractivity (Wildman–Crippen MR) is 83.2 cm³/mol. The van der Waals surface area contributed by atoms with Crippen LogP contribution >= 0.6 is 11.3 Å². The quantitative estimate of drug-likeness (QED) is 0.866. The van der Waals surface area contributed by atoms with Gasteiger partial charge in [0.25, 0.3) is 0 Å². The summed E-state index contributed by atoms with van der Waals surface area (Å²) < 4.78 is 4.69. The highest BCUT2D eigenvalue weighted by Crippen LogP contribution is 2.20. The number of esters is 1. The molecule has 5 heteroatoms. The molecular weight excluding hydrogens is 272 g/mol. The van der Waals surface area contributed by atoms with Gasteiger partial charge in [0.1, 0.15) is 4.88 Å². The molecule has 0 amide bonds. The van der Waals surface area contributed by atoms with Gasteiger partial charge in [-0.05, 0) is 37.5 Å². The zero-order valence-corrected chi connectivity index (χ0v) is 12.5. The lowest BCUT2D eigenvalue weighted by Gasteiger charge is -2.06. The third-order valence-electron chi connectivity index (χ3n) is 3.27. The molecule has 0 aliphatic carbocycles. The normalized spacial score (nSPS) is 19.6. The summed E-state index contributed by atoms with van der Waals surface area (Å²) in [5.74, 6) is 0.501.